The molecule has 0 fully saturated rings. The maximum atomic E-state index is 6.57. The van der Waals surface area contributed by atoms with E-state index in [0.717, 1.165) is 27.9 Å². The van der Waals surface area contributed by atoms with Crippen LogP contribution in [0.15, 0.2) is 144 Å². The van der Waals surface area contributed by atoms with E-state index >= 15 is 0 Å². The largest absolute Gasteiger partial charge is 0.456 e. The highest BCUT2D eigenvalue weighted by molar-refractivity contribution is 6.73. The highest BCUT2D eigenvalue weighted by atomic mass is 16.3. The number of hydrogen-bond donors (Lipinski definition) is 1. The summed E-state index contributed by atoms with van der Waals surface area (Å²) in [5.41, 5.74) is 25.8. The van der Waals surface area contributed by atoms with Crippen molar-refractivity contribution in [1.29, 1.82) is 0 Å². The van der Waals surface area contributed by atoms with Crippen LogP contribution in [0.3, 0.4) is 0 Å². The van der Waals surface area contributed by atoms with Crippen LogP contribution in [0.4, 0.5) is 11.4 Å². The third-order valence-corrected chi connectivity index (χ3v) is 15.7. The molecule has 321 valence electrons. The lowest BCUT2D eigenvalue weighted by atomic mass is 9.58. The number of hydrogen-bond acceptors (Lipinski definition) is 2. The van der Waals surface area contributed by atoms with Gasteiger partial charge in [0.25, 0.3) is 0 Å². The molecule has 8 aromatic carbocycles. The molecule has 66 heavy (non-hydrogen) atoms. The Kier molecular flexibility index (Phi) is 7.78. The van der Waals surface area contributed by atoms with Crippen LogP contribution in [0.5, 0.6) is 0 Å². The Morgan fingerprint density at radius 2 is 1.17 bits per heavy atom. The second-order valence-corrected chi connectivity index (χ2v) is 22.5. The molecule has 4 heteroatoms. The van der Waals surface area contributed by atoms with E-state index in [9.17, 15) is 0 Å². The Balaban J connectivity index is 1.12. The zero-order chi connectivity index (χ0) is 45.4. The number of rotatable bonds is 3. The number of benzene rings is 8. The first-order valence-electron chi connectivity index (χ1n) is 23.8. The van der Waals surface area contributed by atoms with Gasteiger partial charge in [0.15, 0.2) is 7.28 Å². The highest BCUT2D eigenvalue weighted by Crippen LogP contribution is 2.54. The lowest BCUT2D eigenvalue weighted by molar-refractivity contribution is 0.589. The molecule has 2 aliphatic carbocycles. The van der Waals surface area contributed by atoms with Gasteiger partial charge >= 0.3 is 0 Å². The van der Waals surface area contributed by atoms with E-state index in [4.69, 9.17) is 4.42 Å². The molecule has 1 N–H and O–H groups in total. The zero-order valence-corrected chi connectivity index (χ0v) is 39.7. The Labute approximate surface area is 388 Å². The SMILES string of the molecule is CC(C)(C)c1ccc(Nc2cc3c(cc2-c2ccc4c5c6c(ccc5n5c4c2[B]c2cc4c(cc2-5)C(C)(C)c2ccccc2-4)oc2ccccc26)-c2cc(C(C)(C)C)ccc2C3(C)C)cc1. The normalized spacial score (nSPS) is 15.2. The molecule has 2 aromatic heterocycles. The van der Waals surface area contributed by atoms with Gasteiger partial charge in [-0.2, -0.15) is 0 Å². The topological polar surface area (TPSA) is 30.1 Å². The minimum atomic E-state index is -0.176. The summed E-state index contributed by atoms with van der Waals surface area (Å²) < 4.78 is 9.16. The molecule has 0 spiro atoms. The molecule has 1 radical (unpaired) electrons. The second-order valence-electron chi connectivity index (χ2n) is 22.5. The second kappa shape index (κ2) is 13.0. The summed E-state index contributed by atoms with van der Waals surface area (Å²) in [6.45, 7) is 23.4. The van der Waals surface area contributed by atoms with Gasteiger partial charge in [-0.1, -0.05) is 166 Å². The van der Waals surface area contributed by atoms with Gasteiger partial charge < -0.3 is 14.3 Å². The number of anilines is 2. The molecular formula is C62H54BN2O. The molecule has 0 bridgehead atoms. The summed E-state index contributed by atoms with van der Waals surface area (Å²) in [5, 5.41) is 8.82. The maximum Gasteiger partial charge on any atom is 0.197 e. The smallest absolute Gasteiger partial charge is 0.197 e. The van der Waals surface area contributed by atoms with Gasteiger partial charge in [0, 0.05) is 60.5 Å². The van der Waals surface area contributed by atoms with Crippen molar-refractivity contribution in [1.82, 2.24) is 4.57 Å². The van der Waals surface area contributed by atoms with Gasteiger partial charge in [-0.3, -0.25) is 0 Å². The summed E-state index contributed by atoms with van der Waals surface area (Å²) in [5.74, 6) is 0. The standard InChI is InChI=1S/C62H54BN2O/c1-59(2,3)34-19-22-36(23-20-34)64-50-32-47-42(41-29-35(60(4,5)6)21-26-46(41)62(47,9)10)30-44(50)38-24-25-40-55-51(27-28-54-56(55)39-16-12-14-18-53(39)66-54)65-52-33-48-43(31-49(52)63-57(38)58(40)65)37-15-11-13-17-45(37)61(48,7)8/h11-33,64H,1-10H3. The highest BCUT2D eigenvalue weighted by Gasteiger charge is 2.40. The van der Waals surface area contributed by atoms with E-state index in [1.807, 2.05) is 0 Å². The molecular weight excluding hydrogens is 800 g/mol. The molecule has 0 atom stereocenters. The van der Waals surface area contributed by atoms with Crippen LogP contribution in [0.1, 0.15) is 103 Å². The van der Waals surface area contributed by atoms with Crippen LogP contribution in [0.25, 0.3) is 82.8 Å². The Morgan fingerprint density at radius 1 is 0.500 bits per heavy atom. The summed E-state index contributed by atoms with van der Waals surface area (Å²) in [7, 11) is 2.50. The van der Waals surface area contributed by atoms with E-state index < -0.39 is 0 Å². The van der Waals surface area contributed by atoms with Gasteiger partial charge in [-0.15, -0.1) is 0 Å². The van der Waals surface area contributed by atoms with E-state index in [0.29, 0.717) is 0 Å². The molecule has 3 aliphatic rings. The fraction of sp³-hybridized carbons (Fsp3) is 0.226. The minimum absolute atomic E-state index is 0.0259. The average molecular weight is 854 g/mol. The number of nitrogens with zero attached hydrogens (tertiary/aromatic N) is 1. The van der Waals surface area contributed by atoms with Crippen LogP contribution in [0, 0.1) is 0 Å². The van der Waals surface area contributed by atoms with Crippen molar-refractivity contribution in [2.45, 2.75) is 90.9 Å². The molecule has 1 aliphatic heterocycles. The van der Waals surface area contributed by atoms with E-state index in [-0.39, 0.29) is 21.7 Å². The molecule has 0 amide bonds. The fourth-order valence-electron chi connectivity index (χ4n) is 12.1. The first-order chi connectivity index (χ1) is 31.5. The van der Waals surface area contributed by atoms with Crippen LogP contribution >= 0.6 is 0 Å². The van der Waals surface area contributed by atoms with Gasteiger partial charge in [-0.25, -0.2) is 0 Å². The third-order valence-electron chi connectivity index (χ3n) is 15.7. The molecule has 10 aromatic rings. The molecule has 13 rings (SSSR count). The van der Waals surface area contributed by atoms with Crippen molar-refractivity contribution >= 4 is 73.3 Å². The summed E-state index contributed by atoms with van der Waals surface area (Å²) in [4.78, 5) is 0. The Bertz CT molecular complexity index is 3770. The average Bonchev–Trinajstić information content (AvgIpc) is 3.96. The van der Waals surface area contributed by atoms with E-state index in [1.165, 1.54) is 111 Å². The Hall–Kier alpha value is -6.78. The minimum Gasteiger partial charge on any atom is -0.456 e. The van der Waals surface area contributed by atoms with Crippen molar-refractivity contribution in [3.05, 3.63) is 173 Å². The fourth-order valence-corrected chi connectivity index (χ4v) is 12.1. The predicted octanol–water partition coefficient (Wildman–Crippen LogP) is 15.3. The van der Waals surface area contributed by atoms with E-state index in [2.05, 4.69) is 226 Å². The molecule has 0 saturated carbocycles. The first-order valence-corrected chi connectivity index (χ1v) is 23.8. The first kappa shape index (κ1) is 39.6. The number of para-hydroxylation sites is 1. The van der Waals surface area contributed by atoms with E-state index in [1.54, 1.807) is 0 Å². The lowest BCUT2D eigenvalue weighted by Gasteiger charge is -2.28. The summed E-state index contributed by atoms with van der Waals surface area (Å²) in [6, 6.07) is 53.0. The van der Waals surface area contributed by atoms with Crippen molar-refractivity contribution < 1.29 is 4.42 Å². The van der Waals surface area contributed by atoms with Crippen LogP contribution in [0.2, 0.25) is 0 Å². The van der Waals surface area contributed by atoms with Crippen molar-refractivity contribution in [3.63, 3.8) is 0 Å². The quantitative estimate of drug-likeness (QED) is 0.180. The lowest BCUT2D eigenvalue weighted by Crippen LogP contribution is -2.37. The van der Waals surface area contributed by atoms with Crippen LogP contribution < -0.4 is 16.2 Å². The monoisotopic (exact) mass is 853 g/mol. The molecule has 0 saturated heterocycles. The third kappa shape index (κ3) is 5.33. The van der Waals surface area contributed by atoms with Gasteiger partial charge in [0.2, 0.25) is 0 Å². The Morgan fingerprint density at radius 3 is 1.94 bits per heavy atom. The van der Waals surface area contributed by atoms with Gasteiger partial charge in [-0.05, 0) is 126 Å². The predicted molar refractivity (Wildman–Crippen MR) is 281 cm³/mol. The molecule has 0 unspecified atom stereocenters. The van der Waals surface area contributed by atoms with Crippen molar-refractivity contribution in [2.24, 2.45) is 0 Å². The maximum absolute atomic E-state index is 6.57. The molecule has 3 heterocycles. The summed E-state index contributed by atoms with van der Waals surface area (Å²) in [6.07, 6.45) is 0. The number of aromatic nitrogens is 1. The van der Waals surface area contributed by atoms with Crippen LogP contribution in [-0.2, 0) is 21.7 Å². The molecule has 3 nitrogen and oxygen atoms in total. The number of nitrogens with one attached hydrogen (secondary N) is 1. The number of fused-ring (bicyclic) bond motifs is 15. The van der Waals surface area contributed by atoms with Crippen molar-refractivity contribution in [2.75, 3.05) is 5.32 Å². The zero-order valence-electron chi connectivity index (χ0n) is 39.7. The van der Waals surface area contributed by atoms with Crippen molar-refractivity contribution in [3.8, 4) is 39.1 Å². The number of furan rings is 1. The van der Waals surface area contributed by atoms with Gasteiger partial charge in [0.1, 0.15) is 11.2 Å². The van der Waals surface area contributed by atoms with Gasteiger partial charge in [0.05, 0.1) is 5.52 Å². The summed E-state index contributed by atoms with van der Waals surface area (Å²) >= 11 is 0. The van der Waals surface area contributed by atoms with Crippen LogP contribution in [-0.4, -0.2) is 11.8 Å².